The summed E-state index contributed by atoms with van der Waals surface area (Å²) in [5, 5.41) is 2.92. The Morgan fingerprint density at radius 2 is 1.71 bits per heavy atom. The summed E-state index contributed by atoms with van der Waals surface area (Å²) in [5.41, 5.74) is 3.38. The first-order valence-corrected chi connectivity index (χ1v) is 8.41. The number of halogens is 1. The minimum Gasteiger partial charge on any atom is -0.351 e. The number of nitrogens with one attached hydrogen (secondary N) is 1. The molecule has 0 unspecified atom stereocenters. The Labute approximate surface area is 142 Å². The molecular formula is C20H23FN2O. The molecule has 2 aromatic rings. The van der Waals surface area contributed by atoms with Gasteiger partial charge in [-0.1, -0.05) is 42.0 Å². The van der Waals surface area contributed by atoms with Crippen molar-refractivity contribution in [3.8, 4) is 0 Å². The van der Waals surface area contributed by atoms with Crippen molar-refractivity contribution in [1.82, 2.24) is 10.2 Å². The monoisotopic (exact) mass is 326 g/mol. The predicted molar refractivity (Wildman–Crippen MR) is 92.9 cm³/mol. The van der Waals surface area contributed by atoms with E-state index in [1.807, 2.05) is 0 Å². The lowest BCUT2D eigenvalue weighted by Crippen LogP contribution is -2.37. The molecule has 0 bridgehead atoms. The summed E-state index contributed by atoms with van der Waals surface area (Å²) in [4.78, 5) is 14.5. The first-order valence-electron chi connectivity index (χ1n) is 8.41. The summed E-state index contributed by atoms with van der Waals surface area (Å²) < 4.78 is 12.9. The lowest BCUT2D eigenvalue weighted by Gasteiger charge is -2.21. The van der Waals surface area contributed by atoms with Crippen LogP contribution >= 0.6 is 0 Å². The second-order valence-electron chi connectivity index (χ2n) is 6.52. The van der Waals surface area contributed by atoms with Gasteiger partial charge in [-0.05, 0) is 43.0 Å². The lowest BCUT2D eigenvalue weighted by molar-refractivity contribution is -0.122. The average Bonchev–Trinajstić information content (AvgIpc) is 3.41. The molecule has 1 saturated carbocycles. The highest BCUT2D eigenvalue weighted by atomic mass is 19.1. The summed E-state index contributed by atoms with van der Waals surface area (Å²) >= 11 is 0. The van der Waals surface area contributed by atoms with E-state index in [4.69, 9.17) is 0 Å². The van der Waals surface area contributed by atoms with Crippen LogP contribution in [0.4, 0.5) is 4.39 Å². The minimum absolute atomic E-state index is 0.0123. The summed E-state index contributed by atoms with van der Waals surface area (Å²) in [5.74, 6) is -0.249. The van der Waals surface area contributed by atoms with Gasteiger partial charge in [-0.25, -0.2) is 4.39 Å². The van der Waals surface area contributed by atoms with E-state index in [1.54, 1.807) is 12.1 Å². The van der Waals surface area contributed by atoms with Crippen LogP contribution in [-0.2, 0) is 17.9 Å². The van der Waals surface area contributed by atoms with Gasteiger partial charge in [0.15, 0.2) is 0 Å². The van der Waals surface area contributed by atoms with Crippen molar-refractivity contribution >= 4 is 5.91 Å². The van der Waals surface area contributed by atoms with Gasteiger partial charge < -0.3 is 5.32 Å². The molecular weight excluding hydrogens is 303 g/mol. The Balaban J connectivity index is 1.52. The van der Waals surface area contributed by atoms with E-state index in [0.29, 0.717) is 19.1 Å². The molecule has 1 fully saturated rings. The van der Waals surface area contributed by atoms with E-state index >= 15 is 0 Å². The van der Waals surface area contributed by atoms with E-state index < -0.39 is 0 Å². The second kappa shape index (κ2) is 7.58. The van der Waals surface area contributed by atoms with E-state index in [1.165, 1.54) is 23.3 Å². The molecule has 1 N–H and O–H groups in total. The highest BCUT2D eigenvalue weighted by Gasteiger charge is 2.30. The summed E-state index contributed by atoms with van der Waals surface area (Å²) in [6.45, 7) is 3.71. The Bertz CT molecular complexity index is 678. The molecule has 0 saturated heterocycles. The van der Waals surface area contributed by atoms with Crippen LogP contribution < -0.4 is 5.32 Å². The molecule has 0 spiro atoms. The Hall–Kier alpha value is -2.20. The molecule has 0 aliphatic heterocycles. The quantitative estimate of drug-likeness (QED) is 0.845. The van der Waals surface area contributed by atoms with Crippen LogP contribution in [0, 0.1) is 12.7 Å². The molecule has 0 heterocycles. The highest BCUT2D eigenvalue weighted by molar-refractivity contribution is 5.78. The smallest absolute Gasteiger partial charge is 0.234 e. The number of benzene rings is 2. The molecule has 24 heavy (non-hydrogen) atoms. The van der Waals surface area contributed by atoms with Crippen molar-refractivity contribution in [2.45, 2.75) is 38.9 Å². The van der Waals surface area contributed by atoms with Gasteiger partial charge in [-0.3, -0.25) is 9.69 Å². The number of hydrogen-bond donors (Lipinski definition) is 1. The SMILES string of the molecule is Cc1ccc(CN(CC(=O)NCc2ccc(F)cc2)C2CC2)cc1. The van der Waals surface area contributed by atoms with Crippen LogP contribution in [0.25, 0.3) is 0 Å². The molecule has 3 rings (SSSR count). The van der Waals surface area contributed by atoms with Gasteiger partial charge in [-0.15, -0.1) is 0 Å². The topological polar surface area (TPSA) is 32.3 Å². The number of nitrogens with zero attached hydrogens (tertiary/aromatic N) is 1. The largest absolute Gasteiger partial charge is 0.351 e. The van der Waals surface area contributed by atoms with Gasteiger partial charge in [0.2, 0.25) is 5.91 Å². The molecule has 1 aliphatic carbocycles. The van der Waals surface area contributed by atoms with E-state index in [0.717, 1.165) is 24.9 Å². The van der Waals surface area contributed by atoms with Gasteiger partial charge >= 0.3 is 0 Å². The van der Waals surface area contributed by atoms with Crippen LogP contribution in [0.5, 0.6) is 0 Å². The van der Waals surface area contributed by atoms with Crippen molar-refractivity contribution in [3.63, 3.8) is 0 Å². The van der Waals surface area contributed by atoms with Crippen LogP contribution in [0.3, 0.4) is 0 Å². The Morgan fingerprint density at radius 3 is 2.33 bits per heavy atom. The number of carbonyl (C=O) groups is 1. The van der Waals surface area contributed by atoms with Crippen LogP contribution in [0.2, 0.25) is 0 Å². The summed E-state index contributed by atoms with van der Waals surface area (Å²) in [6, 6.07) is 15.2. The van der Waals surface area contributed by atoms with Crippen molar-refractivity contribution in [2.24, 2.45) is 0 Å². The van der Waals surface area contributed by atoms with Crippen LogP contribution in [-0.4, -0.2) is 23.4 Å². The fraction of sp³-hybridized carbons (Fsp3) is 0.350. The Morgan fingerprint density at radius 1 is 1.08 bits per heavy atom. The number of rotatable bonds is 7. The molecule has 0 radical (unpaired) electrons. The van der Waals surface area contributed by atoms with E-state index in [2.05, 4.69) is 41.4 Å². The third-order valence-corrected chi connectivity index (χ3v) is 4.32. The zero-order valence-electron chi connectivity index (χ0n) is 14.0. The van der Waals surface area contributed by atoms with Crippen molar-refractivity contribution in [2.75, 3.05) is 6.54 Å². The maximum Gasteiger partial charge on any atom is 0.234 e. The molecule has 3 nitrogen and oxygen atoms in total. The Kier molecular flexibility index (Phi) is 5.26. The highest BCUT2D eigenvalue weighted by Crippen LogP contribution is 2.28. The fourth-order valence-corrected chi connectivity index (χ4v) is 2.73. The predicted octanol–water partition coefficient (Wildman–Crippen LogP) is 3.41. The number of amides is 1. The first-order chi connectivity index (χ1) is 11.6. The van der Waals surface area contributed by atoms with Crippen LogP contribution in [0.1, 0.15) is 29.5 Å². The fourth-order valence-electron chi connectivity index (χ4n) is 2.73. The lowest BCUT2D eigenvalue weighted by atomic mass is 10.1. The van der Waals surface area contributed by atoms with E-state index in [-0.39, 0.29) is 11.7 Å². The summed E-state index contributed by atoms with van der Waals surface area (Å²) in [6.07, 6.45) is 2.33. The first kappa shape index (κ1) is 16.7. The average molecular weight is 326 g/mol. The van der Waals surface area contributed by atoms with Gasteiger partial charge in [-0.2, -0.15) is 0 Å². The molecule has 1 amide bonds. The molecule has 0 aromatic heterocycles. The summed E-state index contributed by atoms with van der Waals surface area (Å²) in [7, 11) is 0. The zero-order chi connectivity index (χ0) is 16.9. The van der Waals surface area contributed by atoms with Gasteiger partial charge in [0.1, 0.15) is 5.82 Å². The standard InChI is InChI=1S/C20H23FN2O/c1-15-2-4-17(5-3-15)13-23(19-10-11-19)14-20(24)22-12-16-6-8-18(21)9-7-16/h2-9,19H,10-14H2,1H3,(H,22,24). The molecule has 4 heteroatoms. The van der Waals surface area contributed by atoms with Gasteiger partial charge in [0.25, 0.3) is 0 Å². The van der Waals surface area contributed by atoms with Crippen molar-refractivity contribution in [3.05, 3.63) is 71.0 Å². The third kappa shape index (κ3) is 4.90. The second-order valence-corrected chi connectivity index (χ2v) is 6.52. The van der Waals surface area contributed by atoms with Gasteiger partial charge in [0, 0.05) is 19.1 Å². The van der Waals surface area contributed by atoms with Crippen LogP contribution in [0.15, 0.2) is 48.5 Å². The normalized spacial score (nSPS) is 14.0. The maximum atomic E-state index is 12.9. The van der Waals surface area contributed by atoms with Crippen molar-refractivity contribution < 1.29 is 9.18 Å². The third-order valence-electron chi connectivity index (χ3n) is 4.32. The molecule has 1 aliphatic rings. The zero-order valence-corrected chi connectivity index (χ0v) is 14.0. The number of hydrogen-bond acceptors (Lipinski definition) is 2. The molecule has 0 atom stereocenters. The van der Waals surface area contributed by atoms with Gasteiger partial charge in [0.05, 0.1) is 6.54 Å². The minimum atomic E-state index is -0.261. The molecule has 126 valence electrons. The van der Waals surface area contributed by atoms with E-state index in [9.17, 15) is 9.18 Å². The number of carbonyl (C=O) groups excluding carboxylic acids is 1. The van der Waals surface area contributed by atoms with Crippen molar-refractivity contribution in [1.29, 1.82) is 0 Å². The molecule has 2 aromatic carbocycles. The number of aryl methyl sites for hydroxylation is 1. The maximum absolute atomic E-state index is 12.9.